The number of nitrogens with one attached hydrogen (secondary N) is 2. The van der Waals surface area contributed by atoms with Crippen LogP contribution in [0.25, 0.3) is 11.2 Å². The van der Waals surface area contributed by atoms with Crippen molar-refractivity contribution in [2.24, 2.45) is 5.41 Å². The van der Waals surface area contributed by atoms with Crippen LogP contribution >= 0.6 is 35.2 Å². The number of aliphatic carboxylic acids is 2. The Morgan fingerprint density at radius 3 is 2.17 bits per heavy atom. The van der Waals surface area contributed by atoms with Crippen LogP contribution in [0.3, 0.4) is 0 Å². The number of aromatic nitrogens is 4. The predicted molar refractivity (Wildman–Crippen MR) is 232 cm³/mol. The predicted octanol–water partition coefficient (Wildman–Crippen LogP) is -3.07. The second-order valence-electron chi connectivity index (χ2n) is 16.0. The molecule has 1 saturated heterocycles. The van der Waals surface area contributed by atoms with Crippen molar-refractivity contribution in [3.8, 4) is 0 Å². The van der Waals surface area contributed by atoms with Crippen molar-refractivity contribution < 1.29 is 115 Å². The van der Waals surface area contributed by atoms with E-state index in [0.29, 0.717) is 12.8 Å². The van der Waals surface area contributed by atoms with E-state index in [2.05, 4.69) is 43.5 Å². The SMILES string of the molecule is CC(=O)CC(O)CCCC(=O)O.CC(C)(COP(=O)([O-])OP(=O)([O-])OCC1OC(n2cnc3c(N)ncnc32)C(O)C1OP(=O)([O-])[O-])C(O)C(=O)NCCC(=O)NCCSC(=O)CC(=O)CCCC(=O)O. The summed E-state index contributed by atoms with van der Waals surface area (Å²) in [5.41, 5.74) is 3.98. The second kappa shape index (κ2) is 28.9. The van der Waals surface area contributed by atoms with Gasteiger partial charge in [0.2, 0.25) is 11.8 Å². The van der Waals surface area contributed by atoms with E-state index in [-0.39, 0.29) is 86.6 Å². The van der Waals surface area contributed by atoms with E-state index in [1.165, 1.54) is 6.92 Å². The largest absolute Gasteiger partial charge is 0.790 e. The maximum Gasteiger partial charge on any atom is 0.303 e. The van der Waals surface area contributed by atoms with Gasteiger partial charge in [0.05, 0.1) is 39.9 Å². The Balaban J connectivity index is 0.00000126. The number of phosphoric ester groups is 3. The zero-order valence-electron chi connectivity index (χ0n) is 38.1. The molecule has 8 atom stereocenters. The Labute approximate surface area is 408 Å². The summed E-state index contributed by atoms with van der Waals surface area (Å²) in [4.78, 5) is 139. The van der Waals surface area contributed by atoms with E-state index < -0.39 is 113 Å². The number of hydrogen-bond acceptors (Lipinski definition) is 27. The van der Waals surface area contributed by atoms with Gasteiger partial charge in [0.1, 0.15) is 47.8 Å². The Hall–Kier alpha value is -4.20. The lowest BCUT2D eigenvalue weighted by molar-refractivity contribution is -0.347. The molecule has 0 bridgehead atoms. The molecule has 31 nitrogen and oxygen atoms in total. The van der Waals surface area contributed by atoms with Gasteiger partial charge in [-0.1, -0.05) is 25.6 Å². The maximum absolute atomic E-state index is 12.5. The zero-order chi connectivity index (χ0) is 53.9. The minimum Gasteiger partial charge on any atom is -0.790 e. The number of nitrogens with two attached hydrogens (primary N) is 1. The normalized spacial score (nSPS) is 19.6. The average molecular weight is 1090 g/mol. The number of aliphatic hydroxyl groups is 3. The fraction of sp³-hybridized carbons (Fsp3) is 0.667. The minimum absolute atomic E-state index is 0.0251. The number of nitrogens with zero attached hydrogens (tertiary/aromatic N) is 4. The van der Waals surface area contributed by atoms with Gasteiger partial charge >= 0.3 is 11.9 Å². The molecule has 0 aliphatic carbocycles. The zero-order valence-corrected chi connectivity index (χ0v) is 41.6. The number of Topliss-reactive ketones (excluding diaryl/α,β-unsaturated/α-hetero) is 2. The van der Waals surface area contributed by atoms with Crippen molar-refractivity contribution in [2.75, 3.05) is 37.8 Å². The van der Waals surface area contributed by atoms with Crippen LogP contribution in [-0.2, 0) is 69.9 Å². The van der Waals surface area contributed by atoms with Crippen LogP contribution in [0, 0.1) is 5.41 Å². The molecule has 0 saturated carbocycles. The molecule has 3 rings (SSSR count). The number of carboxylic acid groups (broad SMARTS) is 2. The van der Waals surface area contributed by atoms with E-state index in [9.17, 15) is 77.0 Å². The van der Waals surface area contributed by atoms with Crippen molar-refractivity contribution in [2.45, 2.75) is 115 Å². The first-order valence-electron chi connectivity index (χ1n) is 20.9. The van der Waals surface area contributed by atoms with Crippen LogP contribution < -0.4 is 35.9 Å². The lowest BCUT2D eigenvalue weighted by Gasteiger charge is -2.36. The van der Waals surface area contributed by atoms with Crippen LogP contribution in [0.2, 0.25) is 0 Å². The quantitative estimate of drug-likeness (QED) is 0.0211. The molecule has 0 spiro atoms. The molecule has 71 heavy (non-hydrogen) atoms. The molecular formula is C36H54N7O24P3S-4. The first kappa shape index (κ1) is 62.9. The lowest BCUT2D eigenvalue weighted by atomic mass is 9.87. The molecular weight excluding hydrogens is 1040 g/mol. The summed E-state index contributed by atoms with van der Waals surface area (Å²) >= 11 is 0.789. The summed E-state index contributed by atoms with van der Waals surface area (Å²) in [5.74, 6) is -4.01. The number of carbonyl (C=O) groups is 7. The van der Waals surface area contributed by atoms with Crippen molar-refractivity contribution >= 4 is 92.6 Å². The summed E-state index contributed by atoms with van der Waals surface area (Å²) in [7, 11) is -17.7. The molecule has 402 valence electrons. The van der Waals surface area contributed by atoms with Crippen LogP contribution in [0.5, 0.6) is 0 Å². The van der Waals surface area contributed by atoms with Gasteiger partial charge in [-0.15, -0.1) is 0 Å². The molecule has 1 fully saturated rings. The van der Waals surface area contributed by atoms with E-state index in [1.54, 1.807) is 0 Å². The average Bonchev–Trinajstić information content (AvgIpc) is 3.80. The standard InChI is InChI=1S/C28H44N7O20P3S.C8H14O4/c1-28(2,23(42)26(43)31-7-6-17(37)30-8-9-59-19(40)10-15(36)4-3-5-18(38)39)12-52-58(49,50)55-57(47,48)51-11-16-22(54-56(44,45)46)21(41)27(53-16)35-14-34-20-24(29)32-13-33-25(20)35;1-6(9)5-7(10)3-2-4-8(11)12/h13-14,16,21-23,27,41-42H,3-12H2,1-2H3,(H,30,37)(H,31,43)(H,38,39)(H,47,48)(H,49,50)(H2,29,32,33)(H2,44,45,46);7,10H,2-5H2,1H3,(H,11,12)/p-4. The highest BCUT2D eigenvalue weighted by molar-refractivity contribution is 8.13. The molecule has 2 amide bonds. The summed E-state index contributed by atoms with van der Waals surface area (Å²) in [6, 6.07) is 0. The fourth-order valence-corrected chi connectivity index (χ4v) is 9.36. The van der Waals surface area contributed by atoms with Gasteiger partial charge in [0, 0.05) is 56.4 Å². The number of carbonyl (C=O) groups excluding carboxylic acids is 5. The van der Waals surface area contributed by atoms with E-state index in [4.69, 9.17) is 25.8 Å². The number of aliphatic hydroxyl groups excluding tert-OH is 3. The smallest absolute Gasteiger partial charge is 0.303 e. The summed E-state index contributed by atoms with van der Waals surface area (Å²) in [6.07, 6.45) is -8.06. The van der Waals surface area contributed by atoms with Crippen molar-refractivity contribution in [3.63, 3.8) is 0 Å². The number of nitrogen functional groups attached to an aromatic ring is 1. The molecule has 35 heteroatoms. The van der Waals surface area contributed by atoms with Crippen molar-refractivity contribution in [1.29, 1.82) is 0 Å². The number of anilines is 1. The molecule has 0 aromatic carbocycles. The first-order chi connectivity index (χ1) is 32.8. The number of phosphoric acid groups is 3. The summed E-state index contributed by atoms with van der Waals surface area (Å²) < 4.78 is 60.4. The molecule has 8 unspecified atom stereocenters. The third-order valence-electron chi connectivity index (χ3n) is 9.38. The minimum atomic E-state index is -5.94. The number of rotatable bonds is 31. The molecule has 0 radical (unpaired) electrons. The van der Waals surface area contributed by atoms with Crippen LogP contribution in [-0.4, -0.2) is 148 Å². The molecule has 1 aliphatic rings. The summed E-state index contributed by atoms with van der Waals surface area (Å²) in [6.45, 7) is 1.12. The molecule has 2 aromatic rings. The van der Waals surface area contributed by atoms with Gasteiger partial charge < -0.3 is 84.3 Å². The van der Waals surface area contributed by atoms with E-state index in [0.717, 1.165) is 42.8 Å². The fourth-order valence-electron chi connectivity index (χ4n) is 5.93. The number of ketones is 2. The van der Waals surface area contributed by atoms with E-state index in [1.807, 2.05) is 0 Å². The number of carboxylic acids is 2. The highest BCUT2D eigenvalue weighted by Gasteiger charge is 2.47. The highest BCUT2D eigenvalue weighted by atomic mass is 32.2. The van der Waals surface area contributed by atoms with Gasteiger partial charge in [-0.3, -0.25) is 47.3 Å². The van der Waals surface area contributed by atoms with Crippen LogP contribution in [0.1, 0.15) is 84.8 Å². The van der Waals surface area contributed by atoms with Gasteiger partial charge in [-0.05, 0) is 26.2 Å². The van der Waals surface area contributed by atoms with Crippen molar-refractivity contribution in [3.05, 3.63) is 12.7 Å². The lowest BCUT2D eigenvalue weighted by Crippen LogP contribution is -2.46. The Bertz CT molecular complexity index is 2320. The highest BCUT2D eigenvalue weighted by Crippen LogP contribution is 2.56. The van der Waals surface area contributed by atoms with Gasteiger partial charge in [-0.2, -0.15) is 0 Å². The van der Waals surface area contributed by atoms with Crippen LogP contribution in [0.4, 0.5) is 5.82 Å². The first-order valence-corrected chi connectivity index (χ1v) is 26.3. The number of hydrogen-bond donors (Lipinski definition) is 8. The van der Waals surface area contributed by atoms with E-state index >= 15 is 0 Å². The summed E-state index contributed by atoms with van der Waals surface area (Å²) in [5, 5.41) is 51.5. The Kier molecular flexibility index (Phi) is 25.6. The topological polar surface area (TPSA) is 504 Å². The van der Waals surface area contributed by atoms with Crippen LogP contribution in [0.15, 0.2) is 12.7 Å². The molecule has 1 aliphatic heterocycles. The number of amides is 2. The Morgan fingerprint density at radius 1 is 0.915 bits per heavy atom. The van der Waals surface area contributed by atoms with Gasteiger partial charge in [0.25, 0.3) is 15.6 Å². The number of thioether (sulfide) groups is 1. The Morgan fingerprint density at radius 2 is 1.55 bits per heavy atom. The molecule has 2 aromatic heterocycles. The number of imidazole rings is 1. The molecule has 9 N–H and O–H groups in total. The number of fused-ring (bicyclic) bond motifs is 1. The second-order valence-corrected chi connectivity index (χ2v) is 21.2. The maximum atomic E-state index is 12.5. The monoisotopic (exact) mass is 1090 g/mol. The third-order valence-corrected chi connectivity index (χ3v) is 13.3. The molecule has 3 heterocycles. The van der Waals surface area contributed by atoms with Gasteiger partial charge in [-0.25, -0.2) is 19.3 Å². The third kappa shape index (κ3) is 23.9. The number of ether oxygens (including phenoxy) is 1. The van der Waals surface area contributed by atoms with Crippen molar-refractivity contribution in [1.82, 2.24) is 30.2 Å². The van der Waals surface area contributed by atoms with Gasteiger partial charge in [0.15, 0.2) is 22.8 Å².